The number of aromatic nitrogens is 2. The molecule has 0 atom stereocenters. The first-order valence-corrected chi connectivity index (χ1v) is 6.08. The normalized spacial score (nSPS) is 10.2. The van der Waals surface area contributed by atoms with Gasteiger partial charge in [0.1, 0.15) is 0 Å². The molecule has 2 aromatic rings. The van der Waals surface area contributed by atoms with Crippen LogP contribution >= 0.6 is 0 Å². The quantitative estimate of drug-likeness (QED) is 0.636. The van der Waals surface area contributed by atoms with E-state index in [0.717, 1.165) is 28.9 Å². The van der Waals surface area contributed by atoms with Crippen LogP contribution in [0.3, 0.4) is 0 Å². The smallest absolute Gasteiger partial charge is 0.185 e. The van der Waals surface area contributed by atoms with Gasteiger partial charge in [-0.25, -0.2) is 0 Å². The Bertz CT molecular complexity index is 588. The molecule has 0 aliphatic carbocycles. The molecule has 19 heavy (non-hydrogen) atoms. The molecule has 2 aromatic heterocycles. The van der Waals surface area contributed by atoms with Gasteiger partial charge >= 0.3 is 0 Å². The van der Waals surface area contributed by atoms with Gasteiger partial charge in [-0.1, -0.05) is 0 Å². The van der Waals surface area contributed by atoms with E-state index in [1.54, 1.807) is 12.4 Å². The molecule has 2 heterocycles. The molecule has 0 radical (unpaired) electrons. The number of rotatable bonds is 4. The minimum atomic E-state index is 0.120. The maximum atomic E-state index is 5.30. The molecule has 0 aliphatic heterocycles. The van der Waals surface area contributed by atoms with Crippen molar-refractivity contribution in [2.75, 3.05) is 6.54 Å². The third-order valence-corrected chi connectivity index (χ3v) is 2.70. The maximum Gasteiger partial charge on any atom is 0.185 e. The van der Waals surface area contributed by atoms with Gasteiger partial charge in [0.25, 0.3) is 0 Å². The van der Waals surface area contributed by atoms with Crippen molar-refractivity contribution < 1.29 is 0 Å². The van der Waals surface area contributed by atoms with E-state index >= 15 is 0 Å². The largest absolute Gasteiger partial charge is 0.370 e. The molecule has 0 amide bonds. The lowest BCUT2D eigenvalue weighted by molar-refractivity contribution is 0.958. The van der Waals surface area contributed by atoms with Gasteiger partial charge in [0.15, 0.2) is 5.96 Å². The summed E-state index contributed by atoms with van der Waals surface area (Å²) in [6.45, 7) is 2.61. The van der Waals surface area contributed by atoms with Crippen molar-refractivity contribution in [2.45, 2.75) is 13.3 Å². The van der Waals surface area contributed by atoms with Gasteiger partial charge in [-0.15, -0.1) is 0 Å². The second-order valence-electron chi connectivity index (χ2n) is 4.32. The summed E-state index contributed by atoms with van der Waals surface area (Å²) in [4.78, 5) is 12.6. The van der Waals surface area contributed by atoms with E-state index in [-0.39, 0.29) is 5.96 Å². The highest BCUT2D eigenvalue weighted by molar-refractivity contribution is 5.75. The second kappa shape index (κ2) is 5.95. The summed E-state index contributed by atoms with van der Waals surface area (Å²) in [5, 5.41) is 0. The van der Waals surface area contributed by atoms with Crippen molar-refractivity contribution in [3.63, 3.8) is 0 Å². The number of guanidine groups is 1. The Kier molecular flexibility index (Phi) is 4.07. The van der Waals surface area contributed by atoms with Crippen LogP contribution in [0.1, 0.15) is 11.1 Å². The van der Waals surface area contributed by atoms with E-state index in [4.69, 9.17) is 11.5 Å². The van der Waals surface area contributed by atoms with Crippen LogP contribution in [0, 0.1) is 6.92 Å². The third kappa shape index (κ3) is 3.77. The Morgan fingerprint density at radius 3 is 2.47 bits per heavy atom. The summed E-state index contributed by atoms with van der Waals surface area (Å²) in [5.74, 6) is 0.120. The summed E-state index contributed by atoms with van der Waals surface area (Å²) >= 11 is 0. The van der Waals surface area contributed by atoms with Crippen molar-refractivity contribution in [1.82, 2.24) is 9.97 Å². The lowest BCUT2D eigenvalue weighted by Crippen LogP contribution is -2.23. The average Bonchev–Trinajstić information content (AvgIpc) is 2.39. The van der Waals surface area contributed by atoms with Gasteiger partial charge in [0.2, 0.25) is 0 Å². The van der Waals surface area contributed by atoms with Gasteiger partial charge in [-0.3, -0.25) is 15.0 Å². The highest BCUT2D eigenvalue weighted by atomic mass is 15.0. The van der Waals surface area contributed by atoms with Crippen molar-refractivity contribution in [3.05, 3.63) is 47.8 Å². The van der Waals surface area contributed by atoms with Gasteiger partial charge in [-0.2, -0.15) is 0 Å². The molecule has 0 aromatic carbocycles. The molecule has 0 saturated heterocycles. The molecule has 5 nitrogen and oxygen atoms in total. The number of pyridine rings is 2. The van der Waals surface area contributed by atoms with Crippen LogP contribution in [0.2, 0.25) is 0 Å². The lowest BCUT2D eigenvalue weighted by atomic mass is 10.1. The molecule has 0 aliphatic rings. The monoisotopic (exact) mass is 255 g/mol. The number of hydrogen-bond donors (Lipinski definition) is 2. The molecule has 5 heteroatoms. The van der Waals surface area contributed by atoms with E-state index in [2.05, 4.69) is 15.0 Å². The minimum absolute atomic E-state index is 0.120. The summed E-state index contributed by atoms with van der Waals surface area (Å²) in [5.41, 5.74) is 14.6. The first-order chi connectivity index (χ1) is 9.15. The zero-order valence-electron chi connectivity index (χ0n) is 10.9. The van der Waals surface area contributed by atoms with E-state index in [0.29, 0.717) is 6.54 Å². The zero-order chi connectivity index (χ0) is 13.7. The van der Waals surface area contributed by atoms with E-state index in [9.17, 15) is 0 Å². The Morgan fingerprint density at radius 2 is 1.79 bits per heavy atom. The molecule has 98 valence electrons. The topological polar surface area (TPSA) is 90.2 Å². The molecular weight excluding hydrogens is 238 g/mol. The molecular formula is C14H17N5. The van der Waals surface area contributed by atoms with Gasteiger partial charge in [0.05, 0.1) is 11.4 Å². The Balaban J connectivity index is 2.17. The Hall–Kier alpha value is -2.43. The Morgan fingerprint density at radius 1 is 1.11 bits per heavy atom. The van der Waals surface area contributed by atoms with Crippen molar-refractivity contribution in [3.8, 4) is 11.4 Å². The molecule has 4 N–H and O–H groups in total. The van der Waals surface area contributed by atoms with Crippen LogP contribution in [0.15, 0.2) is 41.7 Å². The van der Waals surface area contributed by atoms with Crippen LogP contribution in [0.25, 0.3) is 11.4 Å². The number of aliphatic imine (C=N–C) groups is 1. The summed E-state index contributed by atoms with van der Waals surface area (Å²) in [7, 11) is 0. The standard InChI is InChI=1S/C14H17N5/c1-10-2-5-17-12(8-10)13-9-11(3-6-18-13)4-7-19-14(15)16/h2-3,5-6,8-9H,4,7H2,1H3,(H4,15,16,19). The predicted octanol–water partition coefficient (Wildman–Crippen LogP) is 1.27. The number of hydrogen-bond acceptors (Lipinski definition) is 3. The second-order valence-corrected chi connectivity index (χ2v) is 4.32. The fraction of sp³-hybridized carbons (Fsp3) is 0.214. The van der Waals surface area contributed by atoms with Crippen molar-refractivity contribution in [2.24, 2.45) is 16.5 Å². The fourth-order valence-corrected chi connectivity index (χ4v) is 1.76. The summed E-state index contributed by atoms with van der Waals surface area (Å²) in [6.07, 6.45) is 4.35. The number of nitrogens with two attached hydrogens (primary N) is 2. The third-order valence-electron chi connectivity index (χ3n) is 2.70. The van der Waals surface area contributed by atoms with E-state index in [1.165, 1.54) is 0 Å². The van der Waals surface area contributed by atoms with Crippen LogP contribution in [-0.2, 0) is 6.42 Å². The van der Waals surface area contributed by atoms with E-state index < -0.39 is 0 Å². The highest BCUT2D eigenvalue weighted by Gasteiger charge is 2.02. The molecule has 2 rings (SSSR count). The SMILES string of the molecule is Cc1ccnc(-c2cc(CCN=C(N)N)ccn2)c1. The number of nitrogens with zero attached hydrogens (tertiary/aromatic N) is 3. The van der Waals surface area contributed by atoms with Crippen LogP contribution in [-0.4, -0.2) is 22.5 Å². The molecule has 0 unspecified atom stereocenters. The van der Waals surface area contributed by atoms with E-state index in [1.807, 2.05) is 31.2 Å². The van der Waals surface area contributed by atoms with Crippen LogP contribution in [0.4, 0.5) is 0 Å². The highest BCUT2D eigenvalue weighted by Crippen LogP contribution is 2.16. The molecule has 0 bridgehead atoms. The minimum Gasteiger partial charge on any atom is -0.370 e. The summed E-state index contributed by atoms with van der Waals surface area (Å²) in [6, 6.07) is 7.96. The fourth-order valence-electron chi connectivity index (χ4n) is 1.76. The lowest BCUT2D eigenvalue weighted by Gasteiger charge is -2.04. The first-order valence-electron chi connectivity index (χ1n) is 6.08. The predicted molar refractivity (Wildman–Crippen MR) is 76.6 cm³/mol. The molecule has 0 saturated carbocycles. The Labute approximate surface area is 112 Å². The van der Waals surface area contributed by atoms with Crippen LogP contribution in [0.5, 0.6) is 0 Å². The van der Waals surface area contributed by atoms with Gasteiger partial charge in [0, 0.05) is 18.9 Å². The van der Waals surface area contributed by atoms with Gasteiger partial charge in [-0.05, 0) is 48.7 Å². The van der Waals surface area contributed by atoms with Crippen LogP contribution < -0.4 is 11.5 Å². The maximum absolute atomic E-state index is 5.30. The molecule has 0 fully saturated rings. The van der Waals surface area contributed by atoms with Crippen molar-refractivity contribution in [1.29, 1.82) is 0 Å². The number of aryl methyl sites for hydroxylation is 1. The zero-order valence-corrected chi connectivity index (χ0v) is 10.9. The van der Waals surface area contributed by atoms with Gasteiger partial charge < -0.3 is 11.5 Å². The summed E-state index contributed by atoms with van der Waals surface area (Å²) < 4.78 is 0. The molecule has 0 spiro atoms. The average molecular weight is 255 g/mol. The first kappa shape index (κ1) is 13.0. The van der Waals surface area contributed by atoms with Crippen molar-refractivity contribution >= 4 is 5.96 Å².